The highest BCUT2D eigenvalue weighted by Crippen LogP contribution is 2.27. The van der Waals surface area contributed by atoms with Crippen molar-refractivity contribution < 1.29 is 9.21 Å². The molecule has 0 radical (unpaired) electrons. The Labute approximate surface area is 164 Å². The van der Waals surface area contributed by atoms with Gasteiger partial charge in [0.05, 0.1) is 5.92 Å². The average molecular weight is 397 g/mol. The maximum Gasteiger partial charge on any atom is 0.360 e. The number of anilines is 1. The van der Waals surface area contributed by atoms with Crippen LogP contribution in [-0.2, 0) is 17.8 Å². The van der Waals surface area contributed by atoms with Gasteiger partial charge in [0.15, 0.2) is 5.16 Å². The minimum atomic E-state index is -0.598. The van der Waals surface area contributed by atoms with Crippen molar-refractivity contribution in [3.63, 3.8) is 0 Å². The number of nitrogens with one attached hydrogen (secondary N) is 1. The number of aromatic nitrogens is 2. The second kappa shape index (κ2) is 7.27. The van der Waals surface area contributed by atoms with E-state index in [0.717, 1.165) is 11.1 Å². The van der Waals surface area contributed by atoms with Crippen LogP contribution in [0.4, 0.5) is 5.69 Å². The first kappa shape index (κ1) is 18.5. The number of fused-ring (bicyclic) bond motifs is 2. The molecule has 2 aromatic heterocycles. The van der Waals surface area contributed by atoms with Gasteiger partial charge in [0.2, 0.25) is 5.91 Å². The molecule has 1 aliphatic heterocycles. The van der Waals surface area contributed by atoms with Gasteiger partial charge >= 0.3 is 5.63 Å². The van der Waals surface area contributed by atoms with Gasteiger partial charge in [0.1, 0.15) is 11.3 Å². The standard InChI is InChI=1S/C20H19N3O4S/c1-3-14-11(2)21-20-23(18(14)25)9-13(10-28-20)17(24)22-15-8-12-6-4-5-7-16(12)27-19(15)26/h4-8,13H,3,9-10H2,1-2H3,(H,22,24)/t13-/m0/s1. The number of benzene rings is 1. The van der Waals surface area contributed by atoms with Crippen LogP contribution in [0.3, 0.4) is 0 Å². The monoisotopic (exact) mass is 397 g/mol. The van der Waals surface area contributed by atoms with Gasteiger partial charge in [-0.15, -0.1) is 0 Å². The van der Waals surface area contributed by atoms with Crippen molar-refractivity contribution in [2.24, 2.45) is 5.92 Å². The second-order valence-corrected chi connectivity index (χ2v) is 7.70. The molecular weight excluding hydrogens is 378 g/mol. The van der Waals surface area contributed by atoms with Crippen LogP contribution in [0.15, 0.2) is 49.5 Å². The molecule has 0 fully saturated rings. The molecule has 28 heavy (non-hydrogen) atoms. The summed E-state index contributed by atoms with van der Waals surface area (Å²) in [6.07, 6.45) is 0.595. The number of amides is 1. The summed E-state index contributed by atoms with van der Waals surface area (Å²) in [6, 6.07) is 8.72. The van der Waals surface area contributed by atoms with E-state index in [1.807, 2.05) is 19.9 Å². The van der Waals surface area contributed by atoms with Crippen molar-refractivity contribution in [2.45, 2.75) is 32.0 Å². The lowest BCUT2D eigenvalue weighted by Crippen LogP contribution is -2.38. The molecule has 1 amide bonds. The van der Waals surface area contributed by atoms with Gasteiger partial charge in [-0.25, -0.2) is 9.78 Å². The first-order valence-electron chi connectivity index (χ1n) is 9.04. The molecule has 1 atom stereocenters. The molecule has 1 N–H and O–H groups in total. The van der Waals surface area contributed by atoms with Crippen LogP contribution < -0.4 is 16.5 Å². The molecule has 0 unspecified atom stereocenters. The fourth-order valence-electron chi connectivity index (χ4n) is 3.34. The van der Waals surface area contributed by atoms with Crippen molar-refractivity contribution in [3.05, 3.63) is 62.4 Å². The highest BCUT2D eigenvalue weighted by Gasteiger charge is 2.28. The molecule has 0 saturated heterocycles. The van der Waals surface area contributed by atoms with E-state index in [-0.39, 0.29) is 23.7 Å². The van der Waals surface area contributed by atoms with Crippen molar-refractivity contribution in [1.82, 2.24) is 9.55 Å². The smallest absolute Gasteiger partial charge is 0.360 e. The molecule has 1 aliphatic rings. The van der Waals surface area contributed by atoms with E-state index in [2.05, 4.69) is 10.3 Å². The fraction of sp³-hybridized carbons (Fsp3) is 0.300. The summed E-state index contributed by atoms with van der Waals surface area (Å²) >= 11 is 1.38. The molecular formula is C20H19N3O4S. The van der Waals surface area contributed by atoms with E-state index < -0.39 is 11.5 Å². The van der Waals surface area contributed by atoms with Gasteiger partial charge in [-0.2, -0.15) is 0 Å². The SMILES string of the molecule is CCc1c(C)nc2n(c1=O)C[C@H](C(=O)Nc1cc3ccccc3oc1=O)CS2. The predicted octanol–water partition coefficient (Wildman–Crippen LogP) is 2.58. The van der Waals surface area contributed by atoms with Gasteiger partial charge in [0.25, 0.3) is 5.56 Å². The summed E-state index contributed by atoms with van der Waals surface area (Å²) in [5.41, 5.74) is 1.28. The zero-order valence-electron chi connectivity index (χ0n) is 15.5. The number of hydrogen-bond donors (Lipinski definition) is 1. The molecule has 7 nitrogen and oxygen atoms in total. The second-order valence-electron chi connectivity index (χ2n) is 6.71. The van der Waals surface area contributed by atoms with E-state index in [9.17, 15) is 14.4 Å². The van der Waals surface area contributed by atoms with Gasteiger partial charge in [-0.05, 0) is 25.5 Å². The van der Waals surface area contributed by atoms with Crippen LogP contribution in [0.2, 0.25) is 0 Å². The summed E-state index contributed by atoms with van der Waals surface area (Å²) in [6.45, 7) is 3.99. The van der Waals surface area contributed by atoms with Crippen LogP contribution in [0.5, 0.6) is 0 Å². The lowest BCUT2D eigenvalue weighted by atomic mass is 10.1. The maximum atomic E-state index is 12.8. The Balaban J connectivity index is 1.60. The van der Waals surface area contributed by atoms with Crippen molar-refractivity contribution >= 4 is 34.3 Å². The van der Waals surface area contributed by atoms with Crippen molar-refractivity contribution in [1.29, 1.82) is 0 Å². The van der Waals surface area contributed by atoms with Crippen molar-refractivity contribution in [3.8, 4) is 0 Å². The zero-order chi connectivity index (χ0) is 19.8. The van der Waals surface area contributed by atoms with E-state index in [4.69, 9.17) is 4.42 Å². The number of carbonyl (C=O) groups excluding carboxylic acids is 1. The number of para-hydroxylation sites is 1. The van der Waals surface area contributed by atoms with Crippen molar-refractivity contribution in [2.75, 3.05) is 11.1 Å². The quantitative estimate of drug-likeness (QED) is 0.539. The normalized spacial score (nSPS) is 16.0. The van der Waals surface area contributed by atoms with E-state index in [0.29, 0.717) is 28.5 Å². The average Bonchev–Trinajstić information content (AvgIpc) is 2.68. The van der Waals surface area contributed by atoms with E-state index >= 15 is 0 Å². The van der Waals surface area contributed by atoms with Crippen LogP contribution in [0, 0.1) is 12.8 Å². The third kappa shape index (κ3) is 3.24. The molecule has 8 heteroatoms. The number of hydrogen-bond acceptors (Lipinski definition) is 6. The Morgan fingerprint density at radius 1 is 1.36 bits per heavy atom. The number of nitrogens with zero attached hydrogens (tertiary/aromatic N) is 2. The minimum Gasteiger partial charge on any atom is -0.421 e. The molecule has 4 rings (SSSR count). The Hall–Kier alpha value is -2.87. The summed E-state index contributed by atoms with van der Waals surface area (Å²) in [5, 5.41) is 4.03. The highest BCUT2D eigenvalue weighted by atomic mass is 32.2. The summed E-state index contributed by atoms with van der Waals surface area (Å²) in [7, 11) is 0. The first-order chi connectivity index (χ1) is 13.5. The Bertz CT molecular complexity index is 1200. The maximum absolute atomic E-state index is 12.8. The van der Waals surface area contributed by atoms with E-state index in [1.54, 1.807) is 28.8 Å². The number of aryl methyl sites for hydroxylation is 1. The molecule has 0 spiro atoms. The summed E-state index contributed by atoms with van der Waals surface area (Å²) < 4.78 is 6.82. The molecule has 3 heterocycles. The Morgan fingerprint density at radius 2 is 2.14 bits per heavy atom. The van der Waals surface area contributed by atoms with Crippen LogP contribution in [0.1, 0.15) is 18.2 Å². The molecule has 1 aromatic carbocycles. The highest BCUT2D eigenvalue weighted by molar-refractivity contribution is 7.99. The Morgan fingerprint density at radius 3 is 2.93 bits per heavy atom. The molecule has 3 aromatic rings. The van der Waals surface area contributed by atoms with Gasteiger partial charge in [-0.1, -0.05) is 36.9 Å². The van der Waals surface area contributed by atoms with Crippen LogP contribution >= 0.6 is 11.8 Å². The number of carbonyl (C=O) groups is 1. The third-order valence-corrected chi connectivity index (χ3v) is 6.01. The Kier molecular flexibility index (Phi) is 4.80. The third-order valence-electron chi connectivity index (χ3n) is 4.87. The first-order valence-corrected chi connectivity index (χ1v) is 10.0. The van der Waals surface area contributed by atoms with Gasteiger partial charge < -0.3 is 9.73 Å². The fourth-order valence-corrected chi connectivity index (χ4v) is 4.47. The van der Waals surface area contributed by atoms with Crippen LogP contribution in [0.25, 0.3) is 11.0 Å². The summed E-state index contributed by atoms with van der Waals surface area (Å²) in [4.78, 5) is 42.1. The number of rotatable bonds is 3. The molecule has 144 valence electrons. The van der Waals surface area contributed by atoms with Gasteiger partial charge in [0, 0.05) is 28.9 Å². The lowest BCUT2D eigenvalue weighted by molar-refractivity contribution is -0.119. The number of thioether (sulfide) groups is 1. The molecule has 0 saturated carbocycles. The topological polar surface area (TPSA) is 94.2 Å². The minimum absolute atomic E-state index is 0.0970. The van der Waals surface area contributed by atoms with Gasteiger partial charge in [-0.3, -0.25) is 14.2 Å². The summed E-state index contributed by atoms with van der Waals surface area (Å²) in [5.74, 6) is -0.274. The lowest BCUT2D eigenvalue weighted by Gasteiger charge is -2.25. The molecule has 0 bridgehead atoms. The van der Waals surface area contributed by atoms with E-state index in [1.165, 1.54) is 11.8 Å². The van der Waals surface area contributed by atoms with Crippen LogP contribution in [-0.4, -0.2) is 21.2 Å². The molecule has 0 aliphatic carbocycles. The largest absolute Gasteiger partial charge is 0.421 e. The zero-order valence-corrected chi connectivity index (χ0v) is 16.3. The predicted molar refractivity (Wildman–Crippen MR) is 108 cm³/mol.